The lowest BCUT2D eigenvalue weighted by atomic mass is 9.98. The number of carbonyl (C=O) groups excluding carboxylic acids is 1. The van der Waals surface area contributed by atoms with Gasteiger partial charge in [0.2, 0.25) is 0 Å². The molecule has 0 saturated carbocycles. The molecule has 2 heterocycles. The highest BCUT2D eigenvalue weighted by atomic mass is 32.2. The number of amidine groups is 1. The Hall–Kier alpha value is -2.67. The standard InChI is InChI=1S/C19H16FN3O2S/c1-25-15-8-4-12(5-9-15)16-10-17(13-2-6-14(20)7-3-13)23(22-16)19-21-18(24)11-26-19/h2-9,17H,10-11H2,1H3. The van der Waals surface area contributed by atoms with Gasteiger partial charge in [0, 0.05) is 6.42 Å². The number of hydrazone groups is 1. The smallest absolute Gasteiger partial charge is 0.258 e. The number of ether oxygens (including phenoxy) is 1. The maximum Gasteiger partial charge on any atom is 0.258 e. The molecule has 0 spiro atoms. The van der Waals surface area contributed by atoms with Gasteiger partial charge >= 0.3 is 0 Å². The molecule has 2 aromatic rings. The number of hydrogen-bond acceptors (Lipinski definition) is 5. The zero-order chi connectivity index (χ0) is 18.1. The average Bonchev–Trinajstić information content (AvgIpc) is 3.29. The van der Waals surface area contributed by atoms with Crippen molar-refractivity contribution < 1.29 is 13.9 Å². The van der Waals surface area contributed by atoms with Crippen LogP contribution in [-0.4, -0.2) is 34.7 Å². The third-order valence-electron chi connectivity index (χ3n) is 4.33. The molecule has 132 valence electrons. The molecule has 5 nitrogen and oxygen atoms in total. The molecule has 1 unspecified atom stereocenters. The van der Waals surface area contributed by atoms with E-state index in [1.54, 1.807) is 24.3 Å². The van der Waals surface area contributed by atoms with E-state index in [1.807, 2.05) is 24.3 Å². The number of halogens is 1. The Bertz CT molecular complexity index is 894. The predicted octanol–water partition coefficient (Wildman–Crippen LogP) is 3.61. The summed E-state index contributed by atoms with van der Waals surface area (Å²) in [6, 6.07) is 13.9. The van der Waals surface area contributed by atoms with Gasteiger partial charge in [-0.25, -0.2) is 9.40 Å². The first-order chi connectivity index (χ1) is 12.6. The number of amides is 1. The Labute approximate surface area is 154 Å². The predicted molar refractivity (Wildman–Crippen MR) is 100 cm³/mol. The van der Waals surface area contributed by atoms with Crippen LogP contribution < -0.4 is 4.74 Å². The maximum absolute atomic E-state index is 13.3. The summed E-state index contributed by atoms with van der Waals surface area (Å²) in [6.07, 6.45) is 0.645. The minimum absolute atomic E-state index is 0.121. The number of aliphatic imine (C=N–C) groups is 1. The van der Waals surface area contributed by atoms with Gasteiger partial charge in [0.1, 0.15) is 11.6 Å². The molecule has 7 heteroatoms. The van der Waals surface area contributed by atoms with Crippen molar-refractivity contribution in [3.63, 3.8) is 0 Å². The van der Waals surface area contributed by atoms with Crippen LogP contribution in [-0.2, 0) is 4.79 Å². The first-order valence-electron chi connectivity index (χ1n) is 8.15. The highest BCUT2D eigenvalue weighted by Crippen LogP contribution is 2.36. The number of thioether (sulfide) groups is 1. The van der Waals surface area contributed by atoms with Crippen molar-refractivity contribution in [1.29, 1.82) is 0 Å². The quantitative estimate of drug-likeness (QED) is 0.829. The molecule has 4 rings (SSSR count). The van der Waals surface area contributed by atoms with Crippen LogP contribution >= 0.6 is 11.8 Å². The Morgan fingerprint density at radius 3 is 2.50 bits per heavy atom. The first kappa shape index (κ1) is 16.8. The van der Waals surface area contributed by atoms with Crippen LogP contribution in [0.15, 0.2) is 58.6 Å². The summed E-state index contributed by atoms with van der Waals surface area (Å²) in [7, 11) is 1.63. The molecule has 0 saturated heterocycles. The van der Waals surface area contributed by atoms with Crippen LogP contribution in [0.1, 0.15) is 23.6 Å². The molecule has 0 fully saturated rings. The minimum Gasteiger partial charge on any atom is -0.497 e. The normalized spacial score (nSPS) is 19.5. The van der Waals surface area contributed by atoms with Crippen LogP contribution in [0.3, 0.4) is 0 Å². The molecule has 0 radical (unpaired) electrons. The monoisotopic (exact) mass is 369 g/mol. The molecule has 1 amide bonds. The van der Waals surface area contributed by atoms with Crippen molar-refractivity contribution in [2.75, 3.05) is 12.9 Å². The van der Waals surface area contributed by atoms with E-state index < -0.39 is 0 Å². The Balaban J connectivity index is 1.69. The molecule has 26 heavy (non-hydrogen) atoms. The van der Waals surface area contributed by atoms with Crippen molar-refractivity contribution >= 4 is 28.5 Å². The maximum atomic E-state index is 13.3. The van der Waals surface area contributed by atoms with Crippen molar-refractivity contribution in [2.45, 2.75) is 12.5 Å². The van der Waals surface area contributed by atoms with Crippen LogP contribution in [0.25, 0.3) is 0 Å². The zero-order valence-corrected chi connectivity index (χ0v) is 14.9. The molecule has 0 N–H and O–H groups in total. The number of methoxy groups -OCH3 is 1. The highest BCUT2D eigenvalue weighted by molar-refractivity contribution is 8.14. The summed E-state index contributed by atoms with van der Waals surface area (Å²) in [5.41, 5.74) is 2.81. The summed E-state index contributed by atoms with van der Waals surface area (Å²) < 4.78 is 18.5. The van der Waals surface area contributed by atoms with Gasteiger partial charge in [0.05, 0.1) is 24.6 Å². The number of benzene rings is 2. The minimum atomic E-state index is -0.280. The zero-order valence-electron chi connectivity index (χ0n) is 14.1. The summed E-state index contributed by atoms with van der Waals surface area (Å²) in [6.45, 7) is 0. The number of rotatable bonds is 3. The number of hydrogen-bond donors (Lipinski definition) is 0. The fourth-order valence-corrected chi connectivity index (χ4v) is 3.79. The van der Waals surface area contributed by atoms with Gasteiger partial charge in [-0.3, -0.25) is 4.79 Å². The Kier molecular flexibility index (Phi) is 4.46. The van der Waals surface area contributed by atoms with Gasteiger partial charge in [-0.05, 0) is 47.5 Å². The average molecular weight is 369 g/mol. The van der Waals surface area contributed by atoms with Gasteiger partial charge in [-0.15, -0.1) is 0 Å². The van der Waals surface area contributed by atoms with Crippen molar-refractivity contribution in [1.82, 2.24) is 5.01 Å². The second-order valence-electron chi connectivity index (χ2n) is 5.97. The van der Waals surface area contributed by atoms with E-state index in [-0.39, 0.29) is 17.8 Å². The van der Waals surface area contributed by atoms with E-state index in [0.717, 1.165) is 22.6 Å². The lowest BCUT2D eigenvalue weighted by molar-refractivity contribution is -0.115. The summed E-state index contributed by atoms with van der Waals surface area (Å²) in [4.78, 5) is 15.7. The molecule has 1 atom stereocenters. The fourth-order valence-electron chi connectivity index (χ4n) is 3.00. The summed E-state index contributed by atoms with van der Waals surface area (Å²) in [5.74, 6) is 0.670. The molecule has 2 aliphatic heterocycles. The first-order valence-corrected chi connectivity index (χ1v) is 9.13. The molecule has 2 aliphatic rings. The Morgan fingerprint density at radius 2 is 1.88 bits per heavy atom. The van der Waals surface area contributed by atoms with Gasteiger partial charge in [0.25, 0.3) is 5.91 Å². The van der Waals surface area contributed by atoms with Gasteiger partial charge in [0.15, 0.2) is 5.17 Å². The van der Waals surface area contributed by atoms with Crippen LogP contribution in [0.4, 0.5) is 4.39 Å². The molecular weight excluding hydrogens is 353 g/mol. The molecule has 2 aromatic carbocycles. The van der Waals surface area contributed by atoms with Crippen molar-refractivity contribution in [2.24, 2.45) is 10.1 Å². The third-order valence-corrected chi connectivity index (χ3v) is 5.26. The SMILES string of the molecule is COc1ccc(C2=NN(C3=NC(=O)CS3)C(c3ccc(F)cc3)C2)cc1. The second-order valence-corrected chi connectivity index (χ2v) is 6.91. The van der Waals surface area contributed by atoms with Gasteiger partial charge in [-0.1, -0.05) is 23.9 Å². The summed E-state index contributed by atoms with van der Waals surface area (Å²) >= 11 is 1.38. The van der Waals surface area contributed by atoms with E-state index in [0.29, 0.717) is 17.3 Å². The lowest BCUT2D eigenvalue weighted by Crippen LogP contribution is -2.23. The fraction of sp³-hybridized carbons (Fsp3) is 0.211. The molecular formula is C19H16FN3O2S. The van der Waals surface area contributed by atoms with Crippen LogP contribution in [0.2, 0.25) is 0 Å². The lowest BCUT2D eigenvalue weighted by Gasteiger charge is -2.22. The summed E-state index contributed by atoms with van der Waals surface area (Å²) in [5, 5.41) is 7.09. The topological polar surface area (TPSA) is 54.3 Å². The Morgan fingerprint density at radius 1 is 1.15 bits per heavy atom. The van der Waals surface area contributed by atoms with E-state index in [2.05, 4.69) is 4.99 Å². The molecule has 0 bridgehead atoms. The molecule has 0 aliphatic carbocycles. The second kappa shape index (κ2) is 6.92. The molecule has 0 aromatic heterocycles. The van der Waals surface area contributed by atoms with Gasteiger partial charge < -0.3 is 4.74 Å². The van der Waals surface area contributed by atoms with Crippen LogP contribution in [0.5, 0.6) is 5.75 Å². The number of nitrogens with zero attached hydrogens (tertiary/aromatic N) is 3. The highest BCUT2D eigenvalue weighted by Gasteiger charge is 2.34. The van der Waals surface area contributed by atoms with Gasteiger partial charge in [-0.2, -0.15) is 10.1 Å². The largest absolute Gasteiger partial charge is 0.497 e. The van der Waals surface area contributed by atoms with Crippen molar-refractivity contribution in [3.05, 3.63) is 65.5 Å². The van der Waals surface area contributed by atoms with E-state index in [4.69, 9.17) is 9.84 Å². The van der Waals surface area contributed by atoms with Crippen molar-refractivity contribution in [3.8, 4) is 5.75 Å². The van der Waals surface area contributed by atoms with Crippen LogP contribution in [0, 0.1) is 5.82 Å². The number of carbonyl (C=O) groups is 1. The van der Waals surface area contributed by atoms with E-state index in [9.17, 15) is 9.18 Å². The third kappa shape index (κ3) is 3.22. The van der Waals surface area contributed by atoms with E-state index >= 15 is 0 Å². The van der Waals surface area contributed by atoms with E-state index in [1.165, 1.54) is 23.9 Å².